The van der Waals surface area contributed by atoms with Crippen molar-refractivity contribution in [3.63, 3.8) is 0 Å². The molecular weight excluding hydrogens is 531 g/mol. The average Bonchev–Trinajstić information content (AvgIpc) is 3.28. The number of benzene rings is 1. The van der Waals surface area contributed by atoms with Gasteiger partial charge in [-0.2, -0.15) is 0 Å². The van der Waals surface area contributed by atoms with Gasteiger partial charge < -0.3 is 19.9 Å². The molecule has 1 unspecified atom stereocenters. The molecule has 8 nitrogen and oxygen atoms in total. The number of amides is 1. The Morgan fingerprint density at radius 2 is 1.76 bits per heavy atom. The smallest absolute Gasteiger partial charge is 0.236 e. The predicted octanol–water partition coefficient (Wildman–Crippen LogP) is 1.32. The first-order chi connectivity index (χ1) is 15.7. The molecule has 3 saturated heterocycles. The van der Waals surface area contributed by atoms with Crippen molar-refractivity contribution in [3.8, 4) is 0 Å². The van der Waals surface area contributed by atoms with Gasteiger partial charge in [0, 0.05) is 65.4 Å². The summed E-state index contributed by atoms with van der Waals surface area (Å²) in [7, 11) is 1.87. The van der Waals surface area contributed by atoms with E-state index in [4.69, 9.17) is 4.74 Å². The zero-order chi connectivity index (χ0) is 22.2. The zero-order valence-corrected chi connectivity index (χ0v) is 22.2. The first-order valence-corrected chi connectivity index (χ1v) is 12.0. The van der Waals surface area contributed by atoms with Crippen LogP contribution in [0.5, 0.6) is 0 Å². The lowest BCUT2D eigenvalue weighted by Crippen LogP contribution is -2.55. The molecule has 3 aliphatic rings. The third-order valence-corrected chi connectivity index (χ3v) is 6.83. The Morgan fingerprint density at radius 1 is 1.03 bits per heavy atom. The molecule has 33 heavy (non-hydrogen) atoms. The fourth-order valence-corrected chi connectivity index (χ4v) is 4.92. The van der Waals surface area contributed by atoms with Crippen molar-refractivity contribution in [2.24, 2.45) is 4.99 Å². The molecule has 1 amide bonds. The molecule has 0 saturated carbocycles. The minimum Gasteiger partial charge on any atom is -0.378 e. The van der Waals surface area contributed by atoms with Crippen LogP contribution in [-0.4, -0.2) is 117 Å². The minimum atomic E-state index is 0. The largest absolute Gasteiger partial charge is 0.378 e. The van der Waals surface area contributed by atoms with Crippen molar-refractivity contribution < 1.29 is 9.53 Å². The number of ether oxygens (including phenoxy) is 1. The fourth-order valence-electron chi connectivity index (χ4n) is 4.92. The Hall–Kier alpha value is -1.43. The second kappa shape index (κ2) is 13.5. The number of hydrogen-bond donors (Lipinski definition) is 1. The molecule has 0 aromatic heterocycles. The number of carbonyl (C=O) groups excluding carboxylic acids is 1. The highest BCUT2D eigenvalue weighted by molar-refractivity contribution is 14.0. The van der Waals surface area contributed by atoms with Crippen molar-refractivity contribution in [2.45, 2.75) is 25.4 Å². The van der Waals surface area contributed by atoms with Gasteiger partial charge in [-0.15, -0.1) is 24.0 Å². The van der Waals surface area contributed by atoms with E-state index in [1.807, 2.05) is 11.9 Å². The normalized spacial score (nSPS) is 22.8. The van der Waals surface area contributed by atoms with Crippen LogP contribution >= 0.6 is 24.0 Å². The molecule has 3 aliphatic heterocycles. The first-order valence-electron chi connectivity index (χ1n) is 12.0. The SMILES string of the molecule is CN=C(NCC1CCCN1Cc1ccccc1)N1CCN(CC(=O)N2CCOCC2)CC1.I. The number of nitrogens with zero attached hydrogens (tertiary/aromatic N) is 5. The number of guanidine groups is 1. The fraction of sp³-hybridized carbons (Fsp3) is 0.667. The van der Waals surface area contributed by atoms with Crippen LogP contribution in [-0.2, 0) is 16.1 Å². The van der Waals surface area contributed by atoms with Gasteiger partial charge in [-0.3, -0.25) is 19.6 Å². The second-order valence-corrected chi connectivity index (χ2v) is 8.94. The summed E-state index contributed by atoms with van der Waals surface area (Å²) >= 11 is 0. The molecule has 184 valence electrons. The van der Waals surface area contributed by atoms with Crippen LogP contribution in [0.1, 0.15) is 18.4 Å². The van der Waals surface area contributed by atoms with Crippen LogP contribution in [0.4, 0.5) is 0 Å². The van der Waals surface area contributed by atoms with E-state index >= 15 is 0 Å². The first kappa shape index (κ1) is 26.2. The standard InChI is InChI=1S/C24H38N6O2.HI/c1-25-24(26-18-22-8-5-9-30(22)19-21-6-3-2-4-7-21)29-12-10-27(11-13-29)20-23(31)28-14-16-32-17-15-28;/h2-4,6-7,22H,5,8-20H2,1H3,(H,25,26);1H. The molecule has 1 aromatic carbocycles. The minimum absolute atomic E-state index is 0. The van der Waals surface area contributed by atoms with E-state index in [2.05, 4.69) is 55.3 Å². The lowest BCUT2D eigenvalue weighted by Gasteiger charge is -2.37. The van der Waals surface area contributed by atoms with E-state index in [1.165, 1.54) is 18.4 Å². The average molecular weight is 571 g/mol. The molecule has 0 radical (unpaired) electrons. The number of hydrogen-bond acceptors (Lipinski definition) is 5. The van der Waals surface area contributed by atoms with Crippen molar-refractivity contribution >= 4 is 35.8 Å². The van der Waals surface area contributed by atoms with E-state index < -0.39 is 0 Å². The maximum atomic E-state index is 12.5. The highest BCUT2D eigenvalue weighted by atomic mass is 127. The number of likely N-dealkylation sites (tertiary alicyclic amines) is 1. The lowest BCUT2D eigenvalue weighted by atomic mass is 10.2. The number of rotatable bonds is 6. The number of morpholine rings is 1. The summed E-state index contributed by atoms with van der Waals surface area (Å²) < 4.78 is 5.35. The summed E-state index contributed by atoms with van der Waals surface area (Å²) in [5, 5.41) is 3.63. The van der Waals surface area contributed by atoms with Gasteiger partial charge in [-0.05, 0) is 24.9 Å². The van der Waals surface area contributed by atoms with Gasteiger partial charge in [-0.25, -0.2) is 0 Å². The lowest BCUT2D eigenvalue weighted by molar-refractivity contribution is -0.136. The Labute approximate surface area is 215 Å². The number of carbonyl (C=O) groups is 1. The van der Waals surface area contributed by atoms with Crippen molar-refractivity contribution in [1.29, 1.82) is 0 Å². The topological polar surface area (TPSA) is 63.7 Å². The summed E-state index contributed by atoms with van der Waals surface area (Å²) in [5.74, 6) is 1.21. The number of halogens is 1. The van der Waals surface area contributed by atoms with E-state index in [1.54, 1.807) is 0 Å². The molecule has 1 N–H and O–H groups in total. The highest BCUT2D eigenvalue weighted by Gasteiger charge is 2.27. The molecule has 1 aromatic rings. The van der Waals surface area contributed by atoms with Crippen LogP contribution in [0.25, 0.3) is 0 Å². The monoisotopic (exact) mass is 570 g/mol. The summed E-state index contributed by atoms with van der Waals surface area (Å²) in [6.07, 6.45) is 2.49. The Balaban J connectivity index is 0.00000306. The molecule has 0 aliphatic carbocycles. The van der Waals surface area contributed by atoms with E-state index in [0.29, 0.717) is 25.8 Å². The molecule has 4 rings (SSSR count). The zero-order valence-electron chi connectivity index (χ0n) is 19.8. The van der Waals surface area contributed by atoms with E-state index in [9.17, 15) is 4.79 Å². The van der Waals surface area contributed by atoms with Crippen LogP contribution in [0.15, 0.2) is 35.3 Å². The molecule has 3 fully saturated rings. The summed E-state index contributed by atoms with van der Waals surface area (Å²) in [5.41, 5.74) is 1.38. The van der Waals surface area contributed by atoms with Crippen molar-refractivity contribution in [1.82, 2.24) is 24.9 Å². The van der Waals surface area contributed by atoms with Gasteiger partial charge in [0.25, 0.3) is 0 Å². The molecule has 9 heteroatoms. The van der Waals surface area contributed by atoms with Gasteiger partial charge in [0.15, 0.2) is 5.96 Å². The van der Waals surface area contributed by atoms with Crippen LogP contribution in [0.2, 0.25) is 0 Å². The van der Waals surface area contributed by atoms with Gasteiger partial charge >= 0.3 is 0 Å². The third kappa shape index (κ3) is 7.53. The number of nitrogens with one attached hydrogen (secondary N) is 1. The van der Waals surface area contributed by atoms with Crippen molar-refractivity contribution in [2.75, 3.05) is 79.2 Å². The summed E-state index contributed by atoms with van der Waals surface area (Å²) in [4.78, 5) is 26.2. The summed E-state index contributed by atoms with van der Waals surface area (Å²) in [6, 6.07) is 11.3. The number of aliphatic imine (C=N–C) groups is 1. The van der Waals surface area contributed by atoms with Crippen LogP contribution in [0, 0.1) is 0 Å². The third-order valence-electron chi connectivity index (χ3n) is 6.83. The van der Waals surface area contributed by atoms with Crippen LogP contribution < -0.4 is 5.32 Å². The maximum Gasteiger partial charge on any atom is 0.236 e. The maximum absolute atomic E-state index is 12.5. The van der Waals surface area contributed by atoms with Gasteiger partial charge in [-0.1, -0.05) is 30.3 Å². The second-order valence-electron chi connectivity index (χ2n) is 8.94. The van der Waals surface area contributed by atoms with Gasteiger partial charge in [0.1, 0.15) is 0 Å². The Kier molecular flexibility index (Phi) is 10.7. The Morgan fingerprint density at radius 3 is 2.45 bits per heavy atom. The van der Waals surface area contributed by atoms with Gasteiger partial charge in [0.2, 0.25) is 5.91 Å². The van der Waals surface area contributed by atoms with E-state index in [0.717, 1.165) is 64.9 Å². The molecule has 3 heterocycles. The van der Waals surface area contributed by atoms with Crippen molar-refractivity contribution in [3.05, 3.63) is 35.9 Å². The molecular formula is C24H39IN6O2. The van der Waals surface area contributed by atoms with E-state index in [-0.39, 0.29) is 29.9 Å². The van der Waals surface area contributed by atoms with Crippen LogP contribution in [0.3, 0.4) is 0 Å². The molecule has 1 atom stereocenters. The Bertz CT molecular complexity index is 751. The van der Waals surface area contributed by atoms with Gasteiger partial charge in [0.05, 0.1) is 19.8 Å². The summed E-state index contributed by atoms with van der Waals surface area (Å²) in [6.45, 7) is 9.94. The highest BCUT2D eigenvalue weighted by Crippen LogP contribution is 2.19. The predicted molar refractivity (Wildman–Crippen MR) is 142 cm³/mol. The number of piperazine rings is 1. The quantitative estimate of drug-likeness (QED) is 0.317. The molecule has 0 bridgehead atoms. The molecule has 0 spiro atoms.